The molecule has 3 aromatic rings. The fourth-order valence-electron chi connectivity index (χ4n) is 3.23. The van der Waals surface area contributed by atoms with Crippen molar-refractivity contribution in [1.29, 1.82) is 0 Å². The van der Waals surface area contributed by atoms with E-state index in [2.05, 4.69) is 10.1 Å². The molecule has 0 N–H and O–H groups in total. The molecule has 0 spiro atoms. The highest BCUT2D eigenvalue weighted by molar-refractivity contribution is 5.79. The summed E-state index contributed by atoms with van der Waals surface area (Å²) in [7, 11) is 0. The summed E-state index contributed by atoms with van der Waals surface area (Å²) in [5, 5.41) is 4.01. The molecule has 26 heavy (non-hydrogen) atoms. The molecule has 0 radical (unpaired) electrons. The third-order valence-electron chi connectivity index (χ3n) is 4.72. The smallest absolute Gasteiger partial charge is 0.258 e. The van der Waals surface area contributed by atoms with Gasteiger partial charge in [-0.05, 0) is 36.2 Å². The second-order valence-electron chi connectivity index (χ2n) is 6.57. The first-order valence-electron chi connectivity index (χ1n) is 8.52. The van der Waals surface area contributed by atoms with Gasteiger partial charge in [0, 0.05) is 31.0 Å². The highest BCUT2D eigenvalue weighted by Crippen LogP contribution is 2.29. The molecule has 132 valence electrons. The fourth-order valence-corrected chi connectivity index (χ4v) is 3.23. The van der Waals surface area contributed by atoms with Crippen LogP contribution in [-0.4, -0.2) is 27.5 Å². The first kappa shape index (κ1) is 16.4. The molecule has 2 heterocycles. The molecule has 0 aliphatic carbocycles. The minimum absolute atomic E-state index is 0.0790. The number of aromatic nitrogens is 2. The zero-order valence-corrected chi connectivity index (χ0v) is 14.4. The van der Waals surface area contributed by atoms with Gasteiger partial charge in [-0.2, -0.15) is 4.98 Å². The van der Waals surface area contributed by atoms with Gasteiger partial charge in [0.15, 0.2) is 5.82 Å². The van der Waals surface area contributed by atoms with Crippen molar-refractivity contribution in [3.05, 3.63) is 71.3 Å². The van der Waals surface area contributed by atoms with Crippen LogP contribution in [0.4, 0.5) is 4.39 Å². The number of carbonyl (C=O) groups excluding carboxylic acids is 1. The van der Waals surface area contributed by atoms with Gasteiger partial charge in [0.25, 0.3) is 5.89 Å². The van der Waals surface area contributed by atoms with Crippen LogP contribution in [0.2, 0.25) is 0 Å². The van der Waals surface area contributed by atoms with E-state index in [1.54, 1.807) is 12.1 Å². The van der Waals surface area contributed by atoms with E-state index < -0.39 is 0 Å². The van der Waals surface area contributed by atoms with Crippen molar-refractivity contribution in [2.24, 2.45) is 0 Å². The molecule has 0 saturated carbocycles. The summed E-state index contributed by atoms with van der Waals surface area (Å²) >= 11 is 0. The number of carbonyl (C=O) groups is 1. The average molecular weight is 351 g/mol. The maximum absolute atomic E-state index is 13.4. The van der Waals surface area contributed by atoms with Crippen LogP contribution in [0.25, 0.3) is 11.5 Å². The summed E-state index contributed by atoms with van der Waals surface area (Å²) in [6, 6.07) is 14.1. The van der Waals surface area contributed by atoms with Crippen LogP contribution in [0, 0.1) is 12.7 Å². The van der Waals surface area contributed by atoms with Gasteiger partial charge in [-0.25, -0.2) is 4.39 Å². The highest BCUT2D eigenvalue weighted by atomic mass is 19.1. The largest absolute Gasteiger partial charge is 0.338 e. The van der Waals surface area contributed by atoms with Gasteiger partial charge in [-0.1, -0.05) is 35.5 Å². The lowest BCUT2D eigenvalue weighted by Crippen LogP contribution is -2.24. The fraction of sp³-hybridized carbons (Fsp3) is 0.250. The molecule has 1 aliphatic rings. The second-order valence-corrected chi connectivity index (χ2v) is 6.57. The molecular formula is C20H18FN3O2. The predicted molar refractivity (Wildman–Crippen MR) is 93.6 cm³/mol. The van der Waals surface area contributed by atoms with Crippen LogP contribution in [-0.2, 0) is 11.3 Å². The Kier molecular flexibility index (Phi) is 4.24. The zero-order chi connectivity index (χ0) is 18.1. The quantitative estimate of drug-likeness (QED) is 0.719. The second kappa shape index (κ2) is 6.71. The Morgan fingerprint density at radius 3 is 2.88 bits per heavy atom. The van der Waals surface area contributed by atoms with E-state index in [1.807, 2.05) is 36.1 Å². The van der Waals surface area contributed by atoms with Crippen molar-refractivity contribution in [2.75, 3.05) is 6.54 Å². The summed E-state index contributed by atoms with van der Waals surface area (Å²) in [6.45, 7) is 3.17. The van der Waals surface area contributed by atoms with Crippen LogP contribution in [0.3, 0.4) is 0 Å². The molecule has 1 fully saturated rings. The monoisotopic (exact) mass is 351 g/mol. The molecule has 1 atom stereocenters. The summed E-state index contributed by atoms with van der Waals surface area (Å²) in [5.74, 6) is 0.366. The number of aryl methyl sites for hydroxylation is 1. The van der Waals surface area contributed by atoms with Crippen LogP contribution in [0.15, 0.2) is 53.1 Å². The Morgan fingerprint density at radius 2 is 2.08 bits per heavy atom. The number of benzene rings is 2. The molecule has 1 aromatic heterocycles. The maximum Gasteiger partial charge on any atom is 0.258 e. The molecule has 5 nitrogen and oxygen atoms in total. The summed E-state index contributed by atoms with van der Waals surface area (Å²) in [4.78, 5) is 18.6. The van der Waals surface area contributed by atoms with Crippen molar-refractivity contribution in [3.63, 3.8) is 0 Å². The van der Waals surface area contributed by atoms with E-state index in [4.69, 9.17) is 4.52 Å². The molecule has 6 heteroatoms. The van der Waals surface area contributed by atoms with Gasteiger partial charge in [-0.3, -0.25) is 4.79 Å². The van der Waals surface area contributed by atoms with Crippen molar-refractivity contribution in [2.45, 2.75) is 25.8 Å². The van der Waals surface area contributed by atoms with Crippen molar-refractivity contribution in [1.82, 2.24) is 15.0 Å². The maximum atomic E-state index is 13.4. The van der Waals surface area contributed by atoms with E-state index in [0.717, 1.165) is 11.1 Å². The number of likely N-dealkylation sites (tertiary alicyclic amines) is 1. The Morgan fingerprint density at radius 1 is 1.23 bits per heavy atom. The van der Waals surface area contributed by atoms with E-state index in [1.165, 1.54) is 12.1 Å². The van der Waals surface area contributed by atoms with Gasteiger partial charge in [0.2, 0.25) is 5.91 Å². The van der Waals surface area contributed by atoms with Gasteiger partial charge in [-0.15, -0.1) is 0 Å². The average Bonchev–Trinajstić information content (AvgIpc) is 3.24. The minimum Gasteiger partial charge on any atom is -0.338 e. The van der Waals surface area contributed by atoms with Crippen LogP contribution >= 0.6 is 0 Å². The first-order valence-corrected chi connectivity index (χ1v) is 8.52. The summed E-state index contributed by atoms with van der Waals surface area (Å²) in [5.41, 5.74) is 2.83. The molecular weight excluding hydrogens is 333 g/mol. The summed E-state index contributed by atoms with van der Waals surface area (Å²) in [6.07, 6.45) is 0.355. The molecule has 1 unspecified atom stereocenters. The zero-order valence-electron chi connectivity index (χ0n) is 14.4. The number of rotatable bonds is 4. The molecule has 1 aliphatic heterocycles. The topological polar surface area (TPSA) is 59.2 Å². The Labute approximate surface area is 150 Å². The standard InChI is InChI=1S/C20H18FN3O2/c1-13-5-2-3-6-15(13)11-24-12-16(10-18(24)25)19-22-20(26-23-19)14-7-4-8-17(21)9-14/h2-9,16H,10-12H2,1H3. The highest BCUT2D eigenvalue weighted by Gasteiger charge is 2.33. The number of nitrogens with zero attached hydrogens (tertiary/aromatic N) is 3. The Balaban J connectivity index is 1.50. The lowest BCUT2D eigenvalue weighted by molar-refractivity contribution is -0.128. The van der Waals surface area contributed by atoms with E-state index >= 15 is 0 Å². The SMILES string of the molecule is Cc1ccccc1CN1CC(c2noc(-c3cccc(F)c3)n2)CC1=O. The van der Waals surface area contributed by atoms with Gasteiger partial charge >= 0.3 is 0 Å². The van der Waals surface area contributed by atoms with Crippen molar-refractivity contribution in [3.8, 4) is 11.5 Å². The summed E-state index contributed by atoms with van der Waals surface area (Å²) < 4.78 is 18.6. The van der Waals surface area contributed by atoms with Gasteiger partial charge in [0.1, 0.15) is 5.82 Å². The molecule has 1 amide bonds. The number of halogens is 1. The van der Waals surface area contributed by atoms with E-state index in [9.17, 15) is 9.18 Å². The molecule has 2 aromatic carbocycles. The number of hydrogen-bond donors (Lipinski definition) is 0. The van der Waals surface area contributed by atoms with Crippen LogP contribution < -0.4 is 0 Å². The number of amides is 1. The van der Waals surface area contributed by atoms with Crippen LogP contribution in [0.1, 0.15) is 29.3 Å². The lowest BCUT2D eigenvalue weighted by Gasteiger charge is -2.17. The lowest BCUT2D eigenvalue weighted by atomic mass is 10.1. The third-order valence-corrected chi connectivity index (χ3v) is 4.72. The molecule has 4 rings (SSSR count). The van der Waals surface area contributed by atoms with Gasteiger partial charge in [0.05, 0.1) is 0 Å². The van der Waals surface area contributed by atoms with Crippen LogP contribution in [0.5, 0.6) is 0 Å². The molecule has 1 saturated heterocycles. The first-order chi connectivity index (χ1) is 12.6. The normalized spacial score (nSPS) is 17.1. The van der Waals surface area contributed by atoms with E-state index in [0.29, 0.717) is 30.9 Å². The Bertz CT molecular complexity index is 953. The van der Waals surface area contributed by atoms with Crippen molar-refractivity contribution < 1.29 is 13.7 Å². The predicted octanol–water partition coefficient (Wildman–Crippen LogP) is 3.70. The third kappa shape index (κ3) is 3.22. The van der Waals surface area contributed by atoms with Gasteiger partial charge < -0.3 is 9.42 Å². The minimum atomic E-state index is -0.359. The van der Waals surface area contributed by atoms with E-state index in [-0.39, 0.29) is 23.5 Å². The number of hydrogen-bond acceptors (Lipinski definition) is 4. The Hall–Kier alpha value is -3.02. The van der Waals surface area contributed by atoms with Crippen molar-refractivity contribution >= 4 is 5.91 Å². The molecule has 0 bridgehead atoms.